The molecule has 0 N–H and O–H groups in total. The van der Waals surface area contributed by atoms with Crippen LogP contribution in [0.15, 0.2) is 60.2 Å². The molecule has 1 aromatic carbocycles. The molecule has 126 valence electrons. The number of pyridine rings is 1. The number of ether oxygens (including phenoxy) is 1. The third kappa shape index (κ3) is 3.56. The number of aromatic nitrogens is 1. The zero-order valence-electron chi connectivity index (χ0n) is 13.7. The fraction of sp³-hybridized carbons (Fsp3) is 0.200. The molecule has 4 nitrogen and oxygen atoms in total. The summed E-state index contributed by atoms with van der Waals surface area (Å²) in [7, 11) is 0. The van der Waals surface area contributed by atoms with Crippen LogP contribution in [0.25, 0.3) is 0 Å². The molecule has 25 heavy (non-hydrogen) atoms. The van der Waals surface area contributed by atoms with Gasteiger partial charge in [0.1, 0.15) is 12.4 Å². The van der Waals surface area contributed by atoms with Crippen molar-refractivity contribution in [3.8, 4) is 5.75 Å². The minimum absolute atomic E-state index is 0.0793. The van der Waals surface area contributed by atoms with Gasteiger partial charge in [-0.3, -0.25) is 9.78 Å². The second-order valence-electron chi connectivity index (χ2n) is 6.02. The van der Waals surface area contributed by atoms with E-state index in [1.54, 1.807) is 23.7 Å². The average molecular weight is 350 g/mol. The molecule has 4 rings (SSSR count). The van der Waals surface area contributed by atoms with Crippen LogP contribution in [0.4, 0.5) is 0 Å². The van der Waals surface area contributed by atoms with E-state index in [9.17, 15) is 4.79 Å². The Bertz CT molecular complexity index is 859. The molecule has 0 unspecified atom stereocenters. The van der Waals surface area contributed by atoms with Gasteiger partial charge in [0.2, 0.25) is 0 Å². The number of amides is 1. The third-order valence-corrected chi connectivity index (χ3v) is 5.35. The highest BCUT2D eigenvalue weighted by molar-refractivity contribution is 7.10. The van der Waals surface area contributed by atoms with Gasteiger partial charge in [0.15, 0.2) is 0 Å². The van der Waals surface area contributed by atoms with Gasteiger partial charge in [-0.2, -0.15) is 0 Å². The minimum atomic E-state index is 0.0793. The van der Waals surface area contributed by atoms with E-state index < -0.39 is 0 Å². The molecule has 0 bridgehead atoms. The lowest BCUT2D eigenvalue weighted by Crippen LogP contribution is -2.35. The normalized spacial score (nSPS) is 13.4. The number of rotatable bonds is 4. The number of carbonyl (C=O) groups excluding carboxylic acids is 1. The Morgan fingerprint density at radius 3 is 2.88 bits per heavy atom. The van der Waals surface area contributed by atoms with Gasteiger partial charge in [-0.25, -0.2) is 0 Å². The second-order valence-corrected chi connectivity index (χ2v) is 7.02. The Labute approximate surface area is 150 Å². The summed E-state index contributed by atoms with van der Waals surface area (Å²) in [5.41, 5.74) is 3.00. The summed E-state index contributed by atoms with van der Waals surface area (Å²) in [4.78, 5) is 20.1. The summed E-state index contributed by atoms with van der Waals surface area (Å²) >= 11 is 1.78. The summed E-state index contributed by atoms with van der Waals surface area (Å²) in [5.74, 6) is 0.829. The molecule has 0 atom stereocenters. The highest BCUT2D eigenvalue weighted by Crippen LogP contribution is 2.25. The van der Waals surface area contributed by atoms with Gasteiger partial charge in [-0.1, -0.05) is 6.07 Å². The predicted octanol–water partition coefficient (Wildman–Crippen LogP) is 3.92. The van der Waals surface area contributed by atoms with E-state index in [0.29, 0.717) is 18.7 Å². The summed E-state index contributed by atoms with van der Waals surface area (Å²) in [6.07, 6.45) is 4.47. The quantitative estimate of drug-likeness (QED) is 0.716. The summed E-state index contributed by atoms with van der Waals surface area (Å²) in [6, 6.07) is 13.4. The molecule has 0 aliphatic carbocycles. The standard InChI is InChI=1S/C20H18N2O2S/c23-20(22-10-7-19-17(13-22)8-11-25-19)16-3-5-18(6-4-16)24-14-15-2-1-9-21-12-15/h1-6,8-9,11-12H,7,10,13-14H2. The lowest BCUT2D eigenvalue weighted by atomic mass is 10.1. The second kappa shape index (κ2) is 7.07. The average Bonchev–Trinajstić information content (AvgIpc) is 3.15. The van der Waals surface area contributed by atoms with Crippen molar-refractivity contribution < 1.29 is 9.53 Å². The van der Waals surface area contributed by atoms with E-state index >= 15 is 0 Å². The Morgan fingerprint density at radius 1 is 1.20 bits per heavy atom. The third-order valence-electron chi connectivity index (χ3n) is 4.32. The van der Waals surface area contributed by atoms with E-state index in [2.05, 4.69) is 16.4 Å². The number of benzene rings is 1. The minimum Gasteiger partial charge on any atom is -0.489 e. The van der Waals surface area contributed by atoms with Crippen LogP contribution in [-0.2, 0) is 19.6 Å². The van der Waals surface area contributed by atoms with Crippen LogP contribution in [-0.4, -0.2) is 22.3 Å². The molecule has 0 saturated heterocycles. The van der Waals surface area contributed by atoms with Crippen molar-refractivity contribution in [3.63, 3.8) is 0 Å². The zero-order chi connectivity index (χ0) is 17.1. The highest BCUT2D eigenvalue weighted by Gasteiger charge is 2.22. The maximum atomic E-state index is 12.7. The van der Waals surface area contributed by atoms with Crippen LogP contribution in [0.2, 0.25) is 0 Å². The fourth-order valence-electron chi connectivity index (χ4n) is 2.95. The number of fused-ring (bicyclic) bond motifs is 1. The first-order chi connectivity index (χ1) is 12.3. The molecule has 1 aliphatic heterocycles. The SMILES string of the molecule is O=C(c1ccc(OCc2cccnc2)cc1)N1CCc2sccc2C1. The predicted molar refractivity (Wildman–Crippen MR) is 97.8 cm³/mol. The van der Waals surface area contributed by atoms with Gasteiger partial charge < -0.3 is 9.64 Å². The van der Waals surface area contributed by atoms with Crippen LogP contribution in [0, 0.1) is 0 Å². The van der Waals surface area contributed by atoms with Gasteiger partial charge >= 0.3 is 0 Å². The fourth-order valence-corrected chi connectivity index (χ4v) is 3.84. The maximum Gasteiger partial charge on any atom is 0.254 e. The number of thiophene rings is 1. The summed E-state index contributed by atoms with van der Waals surface area (Å²) < 4.78 is 5.74. The van der Waals surface area contributed by atoms with Crippen molar-refractivity contribution in [2.75, 3.05) is 6.54 Å². The first-order valence-corrected chi connectivity index (χ1v) is 9.14. The molecular weight excluding hydrogens is 332 g/mol. The van der Waals surface area contributed by atoms with Crippen LogP contribution >= 0.6 is 11.3 Å². The molecule has 1 aliphatic rings. The Kier molecular flexibility index (Phi) is 4.48. The van der Waals surface area contributed by atoms with E-state index in [0.717, 1.165) is 24.3 Å². The molecular formula is C20H18N2O2S. The lowest BCUT2D eigenvalue weighted by Gasteiger charge is -2.27. The van der Waals surface area contributed by atoms with Crippen molar-refractivity contribution in [3.05, 3.63) is 81.8 Å². The molecule has 2 aromatic heterocycles. The highest BCUT2D eigenvalue weighted by atomic mass is 32.1. The van der Waals surface area contributed by atoms with Crippen molar-refractivity contribution in [1.29, 1.82) is 0 Å². The van der Waals surface area contributed by atoms with Crippen molar-refractivity contribution in [1.82, 2.24) is 9.88 Å². The van der Waals surface area contributed by atoms with Crippen molar-refractivity contribution in [2.45, 2.75) is 19.6 Å². The molecule has 0 saturated carbocycles. The van der Waals surface area contributed by atoms with E-state index in [1.807, 2.05) is 41.3 Å². The van der Waals surface area contributed by atoms with Gasteiger partial charge in [0.05, 0.1) is 0 Å². The Balaban J connectivity index is 1.39. The summed E-state index contributed by atoms with van der Waals surface area (Å²) in [5, 5.41) is 2.10. The number of carbonyl (C=O) groups is 1. The number of nitrogens with zero attached hydrogens (tertiary/aromatic N) is 2. The van der Waals surface area contributed by atoms with Gasteiger partial charge in [0, 0.05) is 41.5 Å². The monoisotopic (exact) mass is 350 g/mol. The molecule has 0 radical (unpaired) electrons. The van der Waals surface area contributed by atoms with E-state index in [-0.39, 0.29) is 5.91 Å². The van der Waals surface area contributed by atoms with Gasteiger partial charge in [-0.05, 0) is 53.8 Å². The maximum absolute atomic E-state index is 12.7. The number of hydrogen-bond acceptors (Lipinski definition) is 4. The number of hydrogen-bond donors (Lipinski definition) is 0. The molecule has 1 amide bonds. The van der Waals surface area contributed by atoms with E-state index in [1.165, 1.54) is 10.4 Å². The van der Waals surface area contributed by atoms with Crippen LogP contribution in [0.3, 0.4) is 0 Å². The molecule has 5 heteroatoms. The first-order valence-electron chi connectivity index (χ1n) is 8.26. The summed E-state index contributed by atoms with van der Waals surface area (Å²) in [6.45, 7) is 1.96. The molecule has 0 fully saturated rings. The largest absolute Gasteiger partial charge is 0.489 e. The Hall–Kier alpha value is -2.66. The first kappa shape index (κ1) is 15.8. The topological polar surface area (TPSA) is 42.4 Å². The zero-order valence-corrected chi connectivity index (χ0v) is 14.5. The van der Waals surface area contributed by atoms with Gasteiger partial charge in [-0.15, -0.1) is 11.3 Å². The van der Waals surface area contributed by atoms with Crippen molar-refractivity contribution >= 4 is 17.2 Å². The lowest BCUT2D eigenvalue weighted by molar-refractivity contribution is 0.0736. The van der Waals surface area contributed by atoms with Crippen molar-refractivity contribution in [2.24, 2.45) is 0 Å². The van der Waals surface area contributed by atoms with E-state index in [4.69, 9.17) is 4.74 Å². The molecule has 0 spiro atoms. The molecule has 3 heterocycles. The van der Waals surface area contributed by atoms with Crippen LogP contribution < -0.4 is 4.74 Å². The molecule has 3 aromatic rings. The Morgan fingerprint density at radius 2 is 2.08 bits per heavy atom. The van der Waals surface area contributed by atoms with Crippen LogP contribution in [0.1, 0.15) is 26.4 Å². The van der Waals surface area contributed by atoms with Crippen LogP contribution in [0.5, 0.6) is 5.75 Å². The van der Waals surface area contributed by atoms with Gasteiger partial charge in [0.25, 0.3) is 5.91 Å². The smallest absolute Gasteiger partial charge is 0.254 e.